The molecule has 2 heterocycles. The molecular weight excluding hydrogens is 420 g/mol. The first-order valence-corrected chi connectivity index (χ1v) is 10.1. The normalized spacial score (nSPS) is 10.9. The van der Waals surface area contributed by atoms with Gasteiger partial charge in [0.05, 0.1) is 44.3 Å². The number of fused-ring (bicyclic) bond motifs is 1. The maximum absolute atomic E-state index is 13.1. The molecule has 0 saturated carbocycles. The molecule has 0 atom stereocenters. The van der Waals surface area contributed by atoms with Crippen LogP contribution in [0.25, 0.3) is 22.2 Å². The summed E-state index contributed by atoms with van der Waals surface area (Å²) in [4.78, 5) is 21.8. The summed E-state index contributed by atoms with van der Waals surface area (Å²) in [5, 5.41) is 4.86. The molecule has 1 amide bonds. The van der Waals surface area contributed by atoms with E-state index < -0.39 is 0 Å². The van der Waals surface area contributed by atoms with Gasteiger partial charge in [-0.3, -0.25) is 9.78 Å². The first-order valence-electron chi connectivity index (χ1n) is 10.1. The van der Waals surface area contributed by atoms with Gasteiger partial charge in [-0.1, -0.05) is 18.2 Å². The second kappa shape index (κ2) is 9.78. The zero-order valence-corrected chi connectivity index (χ0v) is 18.4. The minimum Gasteiger partial charge on any atom is -0.493 e. The van der Waals surface area contributed by atoms with E-state index in [1.54, 1.807) is 37.7 Å². The van der Waals surface area contributed by atoms with Crippen molar-refractivity contribution in [1.82, 2.24) is 15.4 Å². The summed E-state index contributed by atoms with van der Waals surface area (Å²) < 4.78 is 16.1. The number of methoxy groups -OCH3 is 3. The average Bonchev–Trinajstić information content (AvgIpc) is 2.87. The number of benzene rings is 2. The lowest BCUT2D eigenvalue weighted by Gasteiger charge is -2.13. The van der Waals surface area contributed by atoms with Crippen LogP contribution < -0.4 is 19.6 Å². The van der Waals surface area contributed by atoms with Crippen molar-refractivity contribution < 1.29 is 19.0 Å². The van der Waals surface area contributed by atoms with Gasteiger partial charge in [0.15, 0.2) is 11.5 Å². The van der Waals surface area contributed by atoms with E-state index in [1.807, 2.05) is 36.4 Å². The highest BCUT2D eigenvalue weighted by molar-refractivity contribution is 6.07. The second-order valence-electron chi connectivity index (χ2n) is 6.93. The number of amides is 1. The molecular formula is C25H22N4O4. The first-order chi connectivity index (χ1) is 16.2. The van der Waals surface area contributed by atoms with Crippen molar-refractivity contribution >= 4 is 23.0 Å². The summed E-state index contributed by atoms with van der Waals surface area (Å²) in [6.07, 6.45) is 4.87. The van der Waals surface area contributed by atoms with Gasteiger partial charge in [-0.05, 0) is 36.4 Å². The highest BCUT2D eigenvalue weighted by Gasteiger charge is 2.16. The fourth-order valence-electron chi connectivity index (χ4n) is 3.48. The van der Waals surface area contributed by atoms with Crippen molar-refractivity contribution in [1.29, 1.82) is 0 Å². The highest BCUT2D eigenvalue weighted by atomic mass is 16.5. The van der Waals surface area contributed by atoms with Crippen LogP contribution in [0.5, 0.6) is 17.2 Å². The number of nitrogens with one attached hydrogen (secondary N) is 1. The number of hydrogen-bond acceptors (Lipinski definition) is 7. The predicted molar refractivity (Wildman–Crippen MR) is 126 cm³/mol. The van der Waals surface area contributed by atoms with Crippen LogP contribution in [-0.2, 0) is 0 Å². The fraction of sp³-hybridized carbons (Fsp3) is 0.120. The lowest BCUT2D eigenvalue weighted by atomic mass is 10.0. The largest absolute Gasteiger partial charge is 0.493 e. The predicted octanol–water partition coefficient (Wildman–Crippen LogP) is 4.09. The molecule has 0 aliphatic rings. The average molecular weight is 442 g/mol. The van der Waals surface area contributed by atoms with Gasteiger partial charge in [0.2, 0.25) is 5.75 Å². The number of aromatic nitrogens is 2. The third-order valence-corrected chi connectivity index (χ3v) is 5.04. The van der Waals surface area contributed by atoms with Gasteiger partial charge in [0, 0.05) is 28.9 Å². The van der Waals surface area contributed by atoms with E-state index in [4.69, 9.17) is 14.2 Å². The van der Waals surface area contributed by atoms with E-state index in [2.05, 4.69) is 20.5 Å². The van der Waals surface area contributed by atoms with Crippen molar-refractivity contribution in [2.24, 2.45) is 5.10 Å². The molecule has 4 rings (SSSR count). The molecule has 1 N–H and O–H groups in total. The molecule has 166 valence electrons. The smallest absolute Gasteiger partial charge is 0.272 e. The third-order valence-electron chi connectivity index (χ3n) is 5.04. The molecule has 8 nitrogen and oxygen atoms in total. The molecule has 33 heavy (non-hydrogen) atoms. The summed E-state index contributed by atoms with van der Waals surface area (Å²) in [5.74, 6) is 1.06. The van der Waals surface area contributed by atoms with Gasteiger partial charge in [0.25, 0.3) is 5.91 Å². The molecule has 0 aliphatic carbocycles. The first kappa shape index (κ1) is 21.8. The Balaban J connectivity index is 1.66. The van der Waals surface area contributed by atoms with Gasteiger partial charge in [0.1, 0.15) is 0 Å². The van der Waals surface area contributed by atoms with Crippen molar-refractivity contribution in [3.8, 4) is 28.5 Å². The Morgan fingerprint density at radius 2 is 1.70 bits per heavy atom. The lowest BCUT2D eigenvalue weighted by molar-refractivity contribution is 0.0956. The van der Waals surface area contributed by atoms with Crippen LogP contribution in [0.15, 0.2) is 72.1 Å². The SMILES string of the molecule is COc1ccc(/C=N/NC(=O)c2cc(-c3ccncc3)nc3ccccc23)c(OC)c1OC. The Morgan fingerprint density at radius 1 is 0.939 bits per heavy atom. The van der Waals surface area contributed by atoms with Crippen molar-refractivity contribution in [2.45, 2.75) is 0 Å². The molecule has 0 unspecified atom stereocenters. The van der Waals surface area contributed by atoms with Crippen LogP contribution >= 0.6 is 0 Å². The zero-order valence-electron chi connectivity index (χ0n) is 18.4. The van der Waals surface area contributed by atoms with E-state index in [1.165, 1.54) is 20.4 Å². The molecule has 4 aromatic rings. The molecule has 8 heteroatoms. The van der Waals surface area contributed by atoms with Crippen molar-refractivity contribution in [2.75, 3.05) is 21.3 Å². The van der Waals surface area contributed by atoms with E-state index in [-0.39, 0.29) is 5.91 Å². The summed E-state index contributed by atoms with van der Waals surface area (Å²) >= 11 is 0. The quantitative estimate of drug-likeness (QED) is 0.342. The summed E-state index contributed by atoms with van der Waals surface area (Å²) in [6, 6.07) is 16.4. The maximum Gasteiger partial charge on any atom is 0.272 e. The Hall–Kier alpha value is -4.46. The fourth-order valence-corrected chi connectivity index (χ4v) is 3.48. The van der Waals surface area contributed by atoms with E-state index in [9.17, 15) is 4.79 Å². The minimum absolute atomic E-state index is 0.361. The number of ether oxygens (including phenoxy) is 3. The molecule has 0 aliphatic heterocycles. The van der Waals surface area contributed by atoms with E-state index in [0.717, 1.165) is 10.9 Å². The Kier molecular flexibility index (Phi) is 6.45. The van der Waals surface area contributed by atoms with Crippen LogP contribution in [0.3, 0.4) is 0 Å². The van der Waals surface area contributed by atoms with Crippen LogP contribution in [-0.4, -0.2) is 43.4 Å². The number of nitrogens with zero attached hydrogens (tertiary/aromatic N) is 3. The summed E-state index contributed by atoms with van der Waals surface area (Å²) in [6.45, 7) is 0. The number of hydrogen-bond donors (Lipinski definition) is 1. The number of rotatable bonds is 7. The number of carbonyl (C=O) groups is 1. The van der Waals surface area contributed by atoms with Crippen LogP contribution in [0.2, 0.25) is 0 Å². The zero-order chi connectivity index (χ0) is 23.2. The van der Waals surface area contributed by atoms with Crippen molar-refractivity contribution in [3.05, 3.63) is 78.1 Å². The van der Waals surface area contributed by atoms with E-state index in [0.29, 0.717) is 39.6 Å². The van der Waals surface area contributed by atoms with Gasteiger partial charge in [-0.2, -0.15) is 5.10 Å². The van der Waals surface area contributed by atoms with Gasteiger partial charge < -0.3 is 14.2 Å². The van der Waals surface area contributed by atoms with Crippen molar-refractivity contribution in [3.63, 3.8) is 0 Å². The molecule has 0 fully saturated rings. The molecule has 2 aromatic carbocycles. The molecule has 2 aromatic heterocycles. The molecule has 0 bridgehead atoms. The van der Waals surface area contributed by atoms with E-state index >= 15 is 0 Å². The van der Waals surface area contributed by atoms with Gasteiger partial charge in [-0.15, -0.1) is 0 Å². The Bertz CT molecular complexity index is 1320. The standard InChI is InChI=1S/C25H22N4O4/c1-31-22-9-8-17(23(32-2)24(22)33-3)15-27-29-25(30)19-14-21(16-10-12-26-13-11-16)28-20-7-5-4-6-18(19)20/h4-15H,1-3H3,(H,29,30)/b27-15+. The summed E-state index contributed by atoms with van der Waals surface area (Å²) in [7, 11) is 4.60. The Morgan fingerprint density at radius 3 is 2.42 bits per heavy atom. The third kappa shape index (κ3) is 4.45. The number of pyridine rings is 2. The highest BCUT2D eigenvalue weighted by Crippen LogP contribution is 2.39. The molecule has 0 saturated heterocycles. The lowest BCUT2D eigenvalue weighted by Crippen LogP contribution is -2.18. The number of carbonyl (C=O) groups excluding carboxylic acids is 1. The molecule has 0 radical (unpaired) electrons. The van der Waals surface area contributed by atoms with Crippen LogP contribution in [0, 0.1) is 0 Å². The number of hydrazone groups is 1. The van der Waals surface area contributed by atoms with Crippen LogP contribution in [0.4, 0.5) is 0 Å². The van der Waals surface area contributed by atoms with Crippen LogP contribution in [0.1, 0.15) is 15.9 Å². The maximum atomic E-state index is 13.1. The monoisotopic (exact) mass is 442 g/mol. The Labute approximate surface area is 190 Å². The summed E-state index contributed by atoms with van der Waals surface area (Å²) in [5.41, 5.74) is 5.93. The topological polar surface area (TPSA) is 94.9 Å². The number of para-hydroxylation sites is 1. The van der Waals surface area contributed by atoms with Gasteiger partial charge in [-0.25, -0.2) is 10.4 Å². The van der Waals surface area contributed by atoms with Gasteiger partial charge >= 0.3 is 0 Å². The minimum atomic E-state index is -0.361. The molecule has 0 spiro atoms. The second-order valence-corrected chi connectivity index (χ2v) is 6.93.